The molecule has 0 amide bonds. The Balaban J connectivity index is 2.52. The van der Waals surface area contributed by atoms with Crippen molar-refractivity contribution in [3.63, 3.8) is 0 Å². The monoisotopic (exact) mass is 330 g/mol. The van der Waals surface area contributed by atoms with Crippen LogP contribution >= 0.6 is 22.6 Å². The highest BCUT2D eigenvalue weighted by molar-refractivity contribution is 14.1. The number of nitrogens with one attached hydrogen (secondary N) is 1. The summed E-state index contributed by atoms with van der Waals surface area (Å²) in [5.74, 6) is 1.53. The number of hydrogen-bond acceptors (Lipinski definition) is 3. The number of imidazole rings is 1. The van der Waals surface area contributed by atoms with E-state index in [9.17, 15) is 0 Å². The molecule has 3 N–H and O–H groups in total. The summed E-state index contributed by atoms with van der Waals surface area (Å²) in [5, 5.41) is 0. The molecule has 0 aliphatic rings. The van der Waals surface area contributed by atoms with Crippen molar-refractivity contribution in [3.05, 3.63) is 15.1 Å². The van der Waals surface area contributed by atoms with Gasteiger partial charge in [0.15, 0.2) is 5.82 Å². The SMILES string of the molecule is CCCCc1nc2c(N)nc(C)c(I)c2[nH]1. The summed E-state index contributed by atoms with van der Waals surface area (Å²) in [7, 11) is 0. The van der Waals surface area contributed by atoms with Crippen LogP contribution in [0.5, 0.6) is 0 Å². The number of unbranched alkanes of at least 4 members (excludes halogenated alkanes) is 1. The number of aryl methyl sites for hydroxylation is 2. The first-order valence-electron chi connectivity index (χ1n) is 5.43. The molecule has 0 unspecified atom stereocenters. The van der Waals surface area contributed by atoms with Crippen molar-refractivity contribution in [2.75, 3.05) is 5.73 Å². The fourth-order valence-electron chi connectivity index (χ4n) is 1.69. The van der Waals surface area contributed by atoms with Crippen molar-refractivity contribution in [2.24, 2.45) is 0 Å². The predicted molar refractivity (Wildman–Crippen MR) is 74.4 cm³/mol. The summed E-state index contributed by atoms with van der Waals surface area (Å²) in [5.41, 5.74) is 8.66. The van der Waals surface area contributed by atoms with Crippen LogP contribution in [0.2, 0.25) is 0 Å². The minimum Gasteiger partial charge on any atom is -0.382 e. The van der Waals surface area contributed by atoms with Crippen molar-refractivity contribution in [1.82, 2.24) is 15.0 Å². The summed E-state index contributed by atoms with van der Waals surface area (Å²) in [6.45, 7) is 4.14. The first kappa shape index (κ1) is 11.6. The standard InChI is InChI=1S/C11H15IN4/c1-3-4-5-7-15-9-8(12)6(2)14-11(13)10(9)16-7/h3-5H2,1-2H3,(H2,13,14)(H,15,16). The molecule has 2 heterocycles. The minimum atomic E-state index is 0.520. The maximum absolute atomic E-state index is 5.87. The fourth-order valence-corrected chi connectivity index (χ4v) is 2.20. The van der Waals surface area contributed by atoms with Gasteiger partial charge in [-0.15, -0.1) is 0 Å². The van der Waals surface area contributed by atoms with Crippen molar-refractivity contribution in [2.45, 2.75) is 33.1 Å². The summed E-state index contributed by atoms with van der Waals surface area (Å²) in [4.78, 5) is 12.1. The van der Waals surface area contributed by atoms with Gasteiger partial charge in [0.05, 0.1) is 14.8 Å². The number of fused-ring (bicyclic) bond motifs is 1. The molecule has 2 aromatic heterocycles. The zero-order chi connectivity index (χ0) is 11.7. The average molecular weight is 330 g/mol. The molecule has 0 saturated heterocycles. The molecule has 86 valence electrons. The molecular formula is C11H15IN4. The van der Waals surface area contributed by atoms with Crippen LogP contribution in [0.1, 0.15) is 31.3 Å². The summed E-state index contributed by atoms with van der Waals surface area (Å²) in [6.07, 6.45) is 3.28. The first-order chi connectivity index (χ1) is 7.63. The molecule has 2 rings (SSSR count). The third-order valence-electron chi connectivity index (χ3n) is 2.59. The smallest absolute Gasteiger partial charge is 0.151 e. The molecule has 0 bridgehead atoms. The van der Waals surface area contributed by atoms with Gasteiger partial charge in [-0.2, -0.15) is 0 Å². The molecule has 0 aromatic carbocycles. The number of nitrogens with two attached hydrogens (primary N) is 1. The Bertz CT molecular complexity index is 518. The highest BCUT2D eigenvalue weighted by atomic mass is 127. The Morgan fingerprint density at radius 2 is 2.12 bits per heavy atom. The maximum atomic E-state index is 5.87. The van der Waals surface area contributed by atoms with E-state index in [0.717, 1.165) is 39.0 Å². The van der Waals surface area contributed by atoms with Crippen molar-refractivity contribution < 1.29 is 0 Å². The molecule has 2 aromatic rings. The molecule has 16 heavy (non-hydrogen) atoms. The number of aromatic nitrogens is 3. The lowest BCUT2D eigenvalue weighted by Crippen LogP contribution is -1.96. The van der Waals surface area contributed by atoms with Gasteiger partial charge in [-0.1, -0.05) is 13.3 Å². The van der Waals surface area contributed by atoms with Crippen LogP contribution in [0, 0.1) is 10.5 Å². The van der Waals surface area contributed by atoms with Gasteiger partial charge in [0, 0.05) is 6.42 Å². The molecule has 0 spiro atoms. The number of nitrogens with zero attached hydrogens (tertiary/aromatic N) is 2. The number of hydrogen-bond donors (Lipinski definition) is 2. The number of H-pyrrole nitrogens is 1. The van der Waals surface area contributed by atoms with E-state index in [2.05, 4.69) is 44.5 Å². The summed E-state index contributed by atoms with van der Waals surface area (Å²) in [6, 6.07) is 0. The van der Waals surface area contributed by atoms with Crippen LogP contribution in [-0.2, 0) is 6.42 Å². The van der Waals surface area contributed by atoms with Crippen LogP contribution < -0.4 is 5.73 Å². The second-order valence-electron chi connectivity index (χ2n) is 3.91. The molecule has 5 heteroatoms. The second-order valence-corrected chi connectivity index (χ2v) is 4.99. The van der Waals surface area contributed by atoms with E-state index in [1.54, 1.807) is 0 Å². The summed E-state index contributed by atoms with van der Waals surface area (Å²) >= 11 is 2.28. The third kappa shape index (κ3) is 2.00. The van der Waals surface area contributed by atoms with Crippen LogP contribution in [0.3, 0.4) is 0 Å². The third-order valence-corrected chi connectivity index (χ3v) is 3.91. The van der Waals surface area contributed by atoms with Gasteiger partial charge in [-0.3, -0.25) is 0 Å². The summed E-state index contributed by atoms with van der Waals surface area (Å²) < 4.78 is 1.11. The zero-order valence-corrected chi connectivity index (χ0v) is 11.6. The van der Waals surface area contributed by atoms with E-state index in [1.807, 2.05) is 6.92 Å². The van der Waals surface area contributed by atoms with Crippen molar-refractivity contribution in [3.8, 4) is 0 Å². The van der Waals surface area contributed by atoms with Gasteiger partial charge >= 0.3 is 0 Å². The van der Waals surface area contributed by atoms with Crippen LogP contribution in [0.25, 0.3) is 11.0 Å². The van der Waals surface area contributed by atoms with E-state index in [1.165, 1.54) is 6.42 Å². The highest BCUT2D eigenvalue weighted by Gasteiger charge is 2.12. The maximum Gasteiger partial charge on any atom is 0.151 e. The van der Waals surface area contributed by atoms with E-state index in [0.29, 0.717) is 5.82 Å². The fraction of sp³-hybridized carbons (Fsp3) is 0.455. The van der Waals surface area contributed by atoms with E-state index in [4.69, 9.17) is 5.73 Å². The van der Waals surface area contributed by atoms with E-state index in [-0.39, 0.29) is 0 Å². The minimum absolute atomic E-state index is 0.520. The molecule has 0 saturated carbocycles. The number of halogens is 1. The molecule has 0 atom stereocenters. The average Bonchev–Trinajstić information content (AvgIpc) is 2.68. The number of nitrogen functional groups attached to an aromatic ring is 1. The van der Waals surface area contributed by atoms with E-state index >= 15 is 0 Å². The van der Waals surface area contributed by atoms with Crippen LogP contribution in [0.4, 0.5) is 5.82 Å². The van der Waals surface area contributed by atoms with Crippen molar-refractivity contribution in [1.29, 1.82) is 0 Å². The highest BCUT2D eigenvalue weighted by Crippen LogP contribution is 2.24. The quantitative estimate of drug-likeness (QED) is 0.851. The normalized spacial score (nSPS) is 11.2. The second kappa shape index (κ2) is 4.57. The lowest BCUT2D eigenvalue weighted by molar-refractivity contribution is 0.765. The lowest BCUT2D eigenvalue weighted by Gasteiger charge is -2.00. The molecule has 0 aliphatic carbocycles. The van der Waals surface area contributed by atoms with Gasteiger partial charge in [-0.25, -0.2) is 9.97 Å². The Kier molecular flexibility index (Phi) is 3.32. The van der Waals surface area contributed by atoms with Crippen LogP contribution in [-0.4, -0.2) is 15.0 Å². The topological polar surface area (TPSA) is 67.6 Å². The van der Waals surface area contributed by atoms with E-state index < -0.39 is 0 Å². The first-order valence-corrected chi connectivity index (χ1v) is 6.51. The predicted octanol–water partition coefficient (Wildman–Crippen LogP) is 2.80. The van der Waals surface area contributed by atoms with Gasteiger partial charge in [0.1, 0.15) is 11.3 Å². The lowest BCUT2D eigenvalue weighted by atomic mass is 10.2. The van der Waals surface area contributed by atoms with Gasteiger partial charge < -0.3 is 10.7 Å². The Labute approximate surface area is 108 Å². The Morgan fingerprint density at radius 1 is 1.38 bits per heavy atom. The largest absolute Gasteiger partial charge is 0.382 e. The molecule has 0 radical (unpaired) electrons. The zero-order valence-electron chi connectivity index (χ0n) is 9.47. The Hall–Kier alpha value is -0.850. The van der Waals surface area contributed by atoms with Crippen molar-refractivity contribution >= 4 is 39.4 Å². The number of pyridine rings is 1. The number of aromatic amines is 1. The van der Waals surface area contributed by atoms with Gasteiger partial charge in [0.2, 0.25) is 0 Å². The number of rotatable bonds is 3. The van der Waals surface area contributed by atoms with Gasteiger partial charge in [-0.05, 0) is 35.9 Å². The Morgan fingerprint density at radius 3 is 2.81 bits per heavy atom. The molecular weight excluding hydrogens is 315 g/mol. The molecule has 0 fully saturated rings. The molecule has 0 aliphatic heterocycles. The number of anilines is 1. The van der Waals surface area contributed by atoms with Gasteiger partial charge in [0.25, 0.3) is 0 Å². The molecule has 4 nitrogen and oxygen atoms in total. The van der Waals surface area contributed by atoms with Crippen LogP contribution in [0.15, 0.2) is 0 Å².